The van der Waals surface area contributed by atoms with Gasteiger partial charge < -0.3 is 14.4 Å². The molecule has 2 heterocycles. The molecule has 2 atom stereocenters. The number of hydrogen-bond donors (Lipinski definition) is 0. The third kappa shape index (κ3) is 3.50. The third-order valence-corrected chi connectivity index (χ3v) is 5.84. The van der Waals surface area contributed by atoms with Gasteiger partial charge in [0.1, 0.15) is 0 Å². The average Bonchev–Trinajstić information content (AvgIpc) is 3.32. The Labute approximate surface area is 156 Å². The molecule has 2 fully saturated rings. The van der Waals surface area contributed by atoms with Crippen molar-refractivity contribution in [3.05, 3.63) is 48.3 Å². The van der Waals surface area contributed by atoms with Gasteiger partial charge in [-0.2, -0.15) is 0 Å². The van der Waals surface area contributed by atoms with E-state index in [9.17, 15) is 0 Å². The van der Waals surface area contributed by atoms with Crippen molar-refractivity contribution in [3.8, 4) is 11.5 Å². The van der Waals surface area contributed by atoms with Gasteiger partial charge in [0.2, 0.25) is 0 Å². The van der Waals surface area contributed by atoms with E-state index < -0.39 is 0 Å². The fourth-order valence-corrected chi connectivity index (χ4v) is 4.35. The van der Waals surface area contributed by atoms with Gasteiger partial charge in [0.25, 0.3) is 0 Å². The summed E-state index contributed by atoms with van der Waals surface area (Å²) in [4.78, 5) is 6.70. The van der Waals surface area contributed by atoms with Gasteiger partial charge in [0, 0.05) is 25.2 Å². The predicted octanol–water partition coefficient (Wildman–Crippen LogP) is 4.65. The predicted molar refractivity (Wildman–Crippen MR) is 104 cm³/mol. The summed E-state index contributed by atoms with van der Waals surface area (Å²) < 4.78 is 11.8. The zero-order valence-corrected chi connectivity index (χ0v) is 15.7. The zero-order valence-electron chi connectivity index (χ0n) is 15.7. The van der Waals surface area contributed by atoms with Gasteiger partial charge in [-0.3, -0.25) is 4.98 Å². The second kappa shape index (κ2) is 7.56. The molecule has 0 spiro atoms. The summed E-state index contributed by atoms with van der Waals surface area (Å²) in [5, 5.41) is 0. The summed E-state index contributed by atoms with van der Waals surface area (Å²) in [5.74, 6) is 2.83. The first-order chi connectivity index (χ1) is 12.7. The lowest BCUT2D eigenvalue weighted by Crippen LogP contribution is -2.19. The number of methoxy groups -OCH3 is 1. The monoisotopic (exact) mass is 352 g/mol. The van der Waals surface area contributed by atoms with Crippen LogP contribution in [0.5, 0.6) is 11.5 Å². The fourth-order valence-electron chi connectivity index (χ4n) is 4.35. The Morgan fingerprint density at radius 2 is 1.92 bits per heavy atom. The molecular formula is C22H28N2O2. The molecule has 0 bridgehead atoms. The lowest BCUT2D eigenvalue weighted by Gasteiger charge is -2.20. The van der Waals surface area contributed by atoms with Gasteiger partial charge in [-0.15, -0.1) is 0 Å². The van der Waals surface area contributed by atoms with Crippen molar-refractivity contribution in [1.82, 2.24) is 4.98 Å². The summed E-state index contributed by atoms with van der Waals surface area (Å²) in [7, 11) is 1.72. The molecule has 1 aliphatic carbocycles. The maximum atomic E-state index is 6.30. The van der Waals surface area contributed by atoms with Crippen LogP contribution in [0.4, 0.5) is 5.69 Å². The molecule has 4 rings (SSSR count). The molecule has 0 amide bonds. The molecule has 1 aliphatic heterocycles. The topological polar surface area (TPSA) is 34.6 Å². The summed E-state index contributed by atoms with van der Waals surface area (Å²) in [6.07, 6.45) is 8.98. The van der Waals surface area contributed by atoms with E-state index >= 15 is 0 Å². The number of rotatable bonds is 5. The summed E-state index contributed by atoms with van der Waals surface area (Å²) in [6, 6.07) is 10.6. The van der Waals surface area contributed by atoms with Crippen LogP contribution in [0.3, 0.4) is 0 Å². The number of anilines is 1. The standard InChI is InChI=1S/C22H28N2O2/c1-16-14-24(18-6-5-11-23-13-18)15-20(16)17-9-10-21(25-2)22(12-17)26-19-7-3-4-8-19/h5-6,9-13,16,19-20H,3-4,7-8,14-15H2,1-2H3/t16-,20+/m0/s1. The van der Waals surface area contributed by atoms with Gasteiger partial charge in [-0.25, -0.2) is 0 Å². The van der Waals surface area contributed by atoms with E-state index in [1.807, 2.05) is 18.5 Å². The second-order valence-electron chi connectivity index (χ2n) is 7.63. The van der Waals surface area contributed by atoms with Crippen LogP contribution in [0, 0.1) is 5.92 Å². The summed E-state index contributed by atoms with van der Waals surface area (Å²) in [6.45, 7) is 4.41. The van der Waals surface area contributed by atoms with Crippen LogP contribution in [-0.4, -0.2) is 31.3 Å². The van der Waals surface area contributed by atoms with Crippen molar-refractivity contribution in [1.29, 1.82) is 0 Å². The summed E-state index contributed by atoms with van der Waals surface area (Å²) in [5.41, 5.74) is 2.55. The van der Waals surface area contributed by atoms with Crippen molar-refractivity contribution in [2.75, 3.05) is 25.1 Å². The van der Waals surface area contributed by atoms with Gasteiger partial charge in [0.15, 0.2) is 11.5 Å². The average molecular weight is 352 g/mol. The molecular weight excluding hydrogens is 324 g/mol. The lowest BCUT2D eigenvalue weighted by molar-refractivity contribution is 0.200. The number of ether oxygens (including phenoxy) is 2. The van der Waals surface area contributed by atoms with Gasteiger partial charge in [0.05, 0.1) is 25.1 Å². The van der Waals surface area contributed by atoms with E-state index in [4.69, 9.17) is 9.47 Å². The number of aromatic nitrogens is 1. The van der Waals surface area contributed by atoms with Crippen LogP contribution in [0.25, 0.3) is 0 Å². The molecule has 4 nitrogen and oxygen atoms in total. The first-order valence-corrected chi connectivity index (χ1v) is 9.74. The van der Waals surface area contributed by atoms with Crippen molar-refractivity contribution >= 4 is 5.69 Å². The van der Waals surface area contributed by atoms with Crippen molar-refractivity contribution < 1.29 is 9.47 Å². The summed E-state index contributed by atoms with van der Waals surface area (Å²) >= 11 is 0. The van der Waals surface area contributed by atoms with Gasteiger partial charge in [-0.1, -0.05) is 13.0 Å². The molecule has 138 valence electrons. The van der Waals surface area contributed by atoms with Gasteiger partial charge >= 0.3 is 0 Å². The maximum Gasteiger partial charge on any atom is 0.161 e. The van der Waals surface area contributed by atoms with Crippen LogP contribution in [0.15, 0.2) is 42.7 Å². The normalized spacial score (nSPS) is 23.4. The van der Waals surface area contributed by atoms with E-state index in [2.05, 4.69) is 41.1 Å². The first-order valence-electron chi connectivity index (χ1n) is 9.74. The molecule has 0 radical (unpaired) electrons. The van der Waals surface area contributed by atoms with E-state index in [-0.39, 0.29) is 0 Å². The minimum atomic E-state index is 0.340. The van der Waals surface area contributed by atoms with E-state index in [1.54, 1.807) is 7.11 Å². The minimum absolute atomic E-state index is 0.340. The fraction of sp³-hybridized carbons (Fsp3) is 0.500. The Balaban J connectivity index is 1.55. The van der Waals surface area contributed by atoms with Crippen LogP contribution in [0.2, 0.25) is 0 Å². The van der Waals surface area contributed by atoms with E-state index in [0.29, 0.717) is 17.9 Å². The number of nitrogens with zero attached hydrogens (tertiary/aromatic N) is 2. The van der Waals surface area contributed by atoms with Crippen molar-refractivity contribution in [2.45, 2.75) is 44.6 Å². The Hall–Kier alpha value is -2.23. The number of pyridine rings is 1. The molecule has 1 aromatic heterocycles. The highest BCUT2D eigenvalue weighted by Crippen LogP contribution is 2.39. The molecule has 1 saturated carbocycles. The molecule has 0 N–H and O–H groups in total. The Morgan fingerprint density at radius 1 is 1.08 bits per heavy atom. The van der Waals surface area contributed by atoms with Crippen molar-refractivity contribution in [2.24, 2.45) is 5.92 Å². The number of hydrogen-bond acceptors (Lipinski definition) is 4. The first kappa shape index (κ1) is 17.2. The van der Waals surface area contributed by atoms with Crippen LogP contribution in [0.1, 0.15) is 44.1 Å². The molecule has 1 saturated heterocycles. The van der Waals surface area contributed by atoms with Crippen LogP contribution < -0.4 is 14.4 Å². The van der Waals surface area contributed by atoms with Crippen LogP contribution >= 0.6 is 0 Å². The molecule has 4 heteroatoms. The van der Waals surface area contributed by atoms with E-state index in [1.165, 1.54) is 24.1 Å². The highest BCUT2D eigenvalue weighted by Gasteiger charge is 2.32. The highest BCUT2D eigenvalue weighted by molar-refractivity contribution is 5.49. The molecule has 2 aliphatic rings. The highest BCUT2D eigenvalue weighted by atomic mass is 16.5. The third-order valence-electron chi connectivity index (χ3n) is 5.84. The second-order valence-corrected chi connectivity index (χ2v) is 7.63. The molecule has 26 heavy (non-hydrogen) atoms. The largest absolute Gasteiger partial charge is 0.493 e. The van der Waals surface area contributed by atoms with Gasteiger partial charge in [-0.05, 0) is 61.4 Å². The molecule has 1 aromatic carbocycles. The number of benzene rings is 1. The van der Waals surface area contributed by atoms with Crippen molar-refractivity contribution in [3.63, 3.8) is 0 Å². The lowest BCUT2D eigenvalue weighted by atomic mass is 9.90. The maximum absolute atomic E-state index is 6.30. The van der Waals surface area contributed by atoms with E-state index in [0.717, 1.165) is 37.4 Å². The Bertz CT molecular complexity index is 728. The minimum Gasteiger partial charge on any atom is -0.493 e. The molecule has 2 aromatic rings. The Morgan fingerprint density at radius 3 is 2.65 bits per heavy atom. The SMILES string of the molecule is COc1ccc([C@@H]2CN(c3cccnc3)C[C@@H]2C)cc1OC1CCCC1. The zero-order chi connectivity index (χ0) is 17.9. The molecule has 0 unspecified atom stereocenters. The Kier molecular flexibility index (Phi) is 5.00. The van der Waals surface area contributed by atoms with Crippen LogP contribution in [-0.2, 0) is 0 Å². The smallest absolute Gasteiger partial charge is 0.161 e. The quantitative estimate of drug-likeness (QED) is 0.784.